The number of nitrogens with zero attached hydrogens (tertiary/aromatic N) is 1. The topological polar surface area (TPSA) is 55.8 Å². The maximum absolute atomic E-state index is 12.5. The van der Waals surface area contributed by atoms with Gasteiger partial charge >= 0.3 is 12.1 Å². The zero-order valence-electron chi connectivity index (χ0n) is 19.4. The van der Waals surface area contributed by atoms with E-state index in [9.17, 15) is 9.59 Å². The van der Waals surface area contributed by atoms with Crippen LogP contribution in [0.5, 0.6) is 0 Å². The van der Waals surface area contributed by atoms with Crippen molar-refractivity contribution in [3.63, 3.8) is 0 Å². The third kappa shape index (κ3) is 14.2. The van der Waals surface area contributed by atoms with Gasteiger partial charge in [-0.05, 0) is 18.8 Å². The van der Waals surface area contributed by atoms with E-state index in [0.29, 0.717) is 13.0 Å². The van der Waals surface area contributed by atoms with Gasteiger partial charge in [0.2, 0.25) is 0 Å². The van der Waals surface area contributed by atoms with Crippen LogP contribution in [0.25, 0.3) is 0 Å². The summed E-state index contributed by atoms with van der Waals surface area (Å²) in [5.41, 5.74) is 0. The third-order valence-corrected chi connectivity index (χ3v) is 5.12. The van der Waals surface area contributed by atoms with Gasteiger partial charge < -0.3 is 9.47 Å². The minimum absolute atomic E-state index is 0.0446. The predicted molar refractivity (Wildman–Crippen MR) is 120 cm³/mol. The molecule has 0 rings (SSSR count). The zero-order chi connectivity index (χ0) is 21.9. The van der Waals surface area contributed by atoms with Crippen molar-refractivity contribution in [2.45, 2.75) is 104 Å². The Bertz CT molecular complexity index is 437. The maximum atomic E-state index is 12.5. The molecule has 0 aromatic heterocycles. The Morgan fingerprint density at radius 2 is 1.38 bits per heavy atom. The van der Waals surface area contributed by atoms with Crippen molar-refractivity contribution in [2.24, 2.45) is 5.92 Å². The van der Waals surface area contributed by atoms with Gasteiger partial charge in [-0.3, -0.25) is 4.90 Å². The van der Waals surface area contributed by atoms with Crippen LogP contribution in [-0.2, 0) is 14.3 Å². The van der Waals surface area contributed by atoms with E-state index in [1.807, 2.05) is 13.8 Å². The summed E-state index contributed by atoms with van der Waals surface area (Å²) in [4.78, 5) is 25.9. The van der Waals surface area contributed by atoms with Crippen molar-refractivity contribution in [1.82, 2.24) is 4.90 Å². The summed E-state index contributed by atoms with van der Waals surface area (Å²) in [5.74, 6) is -0.396. The number of carbonyl (C=O) groups is 2. The summed E-state index contributed by atoms with van der Waals surface area (Å²) in [6.07, 6.45) is 15.6. The molecule has 0 N–H and O–H groups in total. The Morgan fingerprint density at radius 1 is 0.862 bits per heavy atom. The molecular weight excluding hydrogens is 366 g/mol. The summed E-state index contributed by atoms with van der Waals surface area (Å²) in [7, 11) is 1.59. The number of esters is 1. The van der Waals surface area contributed by atoms with Gasteiger partial charge in [-0.2, -0.15) is 0 Å². The molecule has 0 bridgehead atoms. The van der Waals surface area contributed by atoms with Crippen LogP contribution in [0.2, 0.25) is 0 Å². The molecular formula is C24H45NO4. The van der Waals surface area contributed by atoms with Crippen molar-refractivity contribution in [2.75, 3.05) is 20.3 Å². The second kappa shape index (κ2) is 18.5. The molecule has 0 aromatic rings. The van der Waals surface area contributed by atoms with Gasteiger partial charge in [-0.25, -0.2) is 9.59 Å². The molecule has 5 nitrogen and oxygen atoms in total. The standard InChI is InChI=1S/C24H45NO4/c1-6-8-10-11-12-13-14-15-16-17-18-20-28-23(26)22(21(3)4)25(5)24(27)29-19-9-7-2/h7,21-22H,2,6,8-20H2,1,3-5H3. The van der Waals surface area contributed by atoms with Crippen LogP contribution in [0, 0.1) is 5.92 Å². The molecule has 1 amide bonds. The van der Waals surface area contributed by atoms with Crippen LogP contribution in [0.1, 0.15) is 97.8 Å². The van der Waals surface area contributed by atoms with E-state index in [2.05, 4.69) is 13.5 Å². The van der Waals surface area contributed by atoms with E-state index >= 15 is 0 Å². The van der Waals surface area contributed by atoms with Crippen LogP contribution in [-0.4, -0.2) is 43.3 Å². The lowest BCUT2D eigenvalue weighted by Gasteiger charge is -2.28. The van der Waals surface area contributed by atoms with Gasteiger partial charge in [-0.1, -0.05) is 91.1 Å². The number of unbranched alkanes of at least 4 members (excludes halogenated alkanes) is 10. The normalized spacial score (nSPS) is 11.9. The fraction of sp³-hybridized carbons (Fsp3) is 0.833. The van der Waals surface area contributed by atoms with E-state index < -0.39 is 12.1 Å². The van der Waals surface area contributed by atoms with Crippen molar-refractivity contribution < 1.29 is 19.1 Å². The molecule has 0 radical (unpaired) electrons. The SMILES string of the molecule is C=CCCOC(=O)N(C)C(C(=O)OCCCCCCCCCCCCC)C(C)C. The van der Waals surface area contributed by atoms with Gasteiger partial charge in [0.25, 0.3) is 0 Å². The number of rotatable bonds is 18. The summed E-state index contributed by atoms with van der Waals surface area (Å²) >= 11 is 0. The lowest BCUT2D eigenvalue weighted by molar-refractivity contribution is -0.150. The van der Waals surface area contributed by atoms with Gasteiger partial charge in [-0.15, -0.1) is 6.58 Å². The highest BCUT2D eigenvalue weighted by Gasteiger charge is 2.31. The molecule has 0 heterocycles. The number of ether oxygens (including phenoxy) is 2. The minimum Gasteiger partial charge on any atom is -0.464 e. The minimum atomic E-state index is -0.626. The lowest BCUT2D eigenvalue weighted by Crippen LogP contribution is -2.46. The number of likely N-dealkylation sites (N-methyl/N-ethyl adjacent to an activating group) is 1. The Labute approximate surface area is 179 Å². The average molecular weight is 412 g/mol. The fourth-order valence-corrected chi connectivity index (χ4v) is 3.35. The summed E-state index contributed by atoms with van der Waals surface area (Å²) in [6, 6.07) is -0.626. The highest BCUT2D eigenvalue weighted by Crippen LogP contribution is 2.14. The van der Waals surface area contributed by atoms with Crippen molar-refractivity contribution in [1.29, 1.82) is 0 Å². The number of hydrogen-bond acceptors (Lipinski definition) is 4. The number of hydrogen-bond donors (Lipinski definition) is 0. The van der Waals surface area contributed by atoms with Crippen LogP contribution >= 0.6 is 0 Å². The highest BCUT2D eigenvalue weighted by atomic mass is 16.6. The van der Waals surface area contributed by atoms with E-state index in [4.69, 9.17) is 9.47 Å². The van der Waals surface area contributed by atoms with Crippen LogP contribution in [0.4, 0.5) is 4.79 Å². The van der Waals surface area contributed by atoms with Gasteiger partial charge in [0.1, 0.15) is 6.04 Å². The van der Waals surface area contributed by atoms with Crippen molar-refractivity contribution in [3.05, 3.63) is 12.7 Å². The number of amides is 1. The molecule has 0 fully saturated rings. The molecule has 170 valence electrons. The Morgan fingerprint density at radius 3 is 1.86 bits per heavy atom. The number of carbonyl (C=O) groups excluding carboxylic acids is 2. The van der Waals surface area contributed by atoms with Crippen molar-refractivity contribution in [3.8, 4) is 0 Å². The van der Waals surface area contributed by atoms with E-state index in [1.54, 1.807) is 13.1 Å². The zero-order valence-corrected chi connectivity index (χ0v) is 19.4. The first-order valence-electron chi connectivity index (χ1n) is 11.6. The average Bonchev–Trinajstić information content (AvgIpc) is 2.68. The molecule has 29 heavy (non-hydrogen) atoms. The first kappa shape index (κ1) is 27.5. The van der Waals surface area contributed by atoms with Gasteiger partial charge in [0, 0.05) is 7.05 Å². The monoisotopic (exact) mass is 411 g/mol. The van der Waals surface area contributed by atoms with Crippen LogP contribution in [0.3, 0.4) is 0 Å². The molecule has 0 aliphatic rings. The molecule has 1 atom stereocenters. The van der Waals surface area contributed by atoms with Gasteiger partial charge in [0.05, 0.1) is 13.2 Å². The summed E-state index contributed by atoms with van der Waals surface area (Å²) < 4.78 is 10.6. The summed E-state index contributed by atoms with van der Waals surface area (Å²) in [6.45, 7) is 10.3. The van der Waals surface area contributed by atoms with E-state index in [0.717, 1.165) is 12.8 Å². The van der Waals surface area contributed by atoms with Crippen molar-refractivity contribution >= 4 is 12.1 Å². The molecule has 1 unspecified atom stereocenters. The Balaban J connectivity index is 3.93. The predicted octanol–water partition coefficient (Wildman–Crippen LogP) is 6.51. The van der Waals surface area contributed by atoms with Gasteiger partial charge in [0.15, 0.2) is 0 Å². The smallest absolute Gasteiger partial charge is 0.410 e. The molecule has 0 spiro atoms. The first-order chi connectivity index (χ1) is 14.0. The van der Waals surface area contributed by atoms with E-state index in [-0.39, 0.29) is 18.5 Å². The Hall–Kier alpha value is -1.52. The maximum Gasteiger partial charge on any atom is 0.410 e. The molecule has 0 saturated heterocycles. The van der Waals surface area contributed by atoms with Crippen LogP contribution in [0.15, 0.2) is 12.7 Å². The summed E-state index contributed by atoms with van der Waals surface area (Å²) in [5, 5.41) is 0. The Kier molecular flexibility index (Phi) is 17.5. The first-order valence-corrected chi connectivity index (χ1v) is 11.6. The fourth-order valence-electron chi connectivity index (χ4n) is 3.35. The van der Waals surface area contributed by atoms with Crippen LogP contribution < -0.4 is 0 Å². The second-order valence-electron chi connectivity index (χ2n) is 8.19. The largest absolute Gasteiger partial charge is 0.464 e. The molecule has 0 aliphatic carbocycles. The second-order valence-corrected chi connectivity index (χ2v) is 8.19. The highest BCUT2D eigenvalue weighted by molar-refractivity contribution is 5.81. The molecule has 5 heteroatoms. The van der Waals surface area contributed by atoms with E-state index in [1.165, 1.54) is 62.7 Å². The lowest BCUT2D eigenvalue weighted by atomic mass is 10.0. The molecule has 0 saturated carbocycles. The quantitative estimate of drug-likeness (QED) is 0.146. The molecule has 0 aromatic carbocycles. The third-order valence-electron chi connectivity index (χ3n) is 5.12. The molecule has 0 aliphatic heterocycles.